The molecule has 13 heteroatoms. The molecule has 2 aliphatic heterocycles. The maximum atomic E-state index is 14.9. The normalized spacial score (nSPS) is 17.9. The lowest BCUT2D eigenvalue weighted by Crippen LogP contribution is -2.54. The summed E-state index contributed by atoms with van der Waals surface area (Å²) in [5.41, 5.74) is 3.07. The zero-order valence-corrected chi connectivity index (χ0v) is 27.2. The number of carbonyl (C=O) groups excluding carboxylic acids is 2. The van der Waals surface area contributed by atoms with Crippen LogP contribution in [-0.2, 0) is 6.54 Å². The quantitative estimate of drug-likeness (QED) is 0.229. The van der Waals surface area contributed by atoms with Gasteiger partial charge in [0, 0.05) is 88.1 Å². The maximum absolute atomic E-state index is 14.9. The second kappa shape index (κ2) is 13.8. The molecule has 0 radical (unpaired) electrons. The van der Waals surface area contributed by atoms with Crippen molar-refractivity contribution in [3.63, 3.8) is 0 Å². The average Bonchev–Trinajstić information content (AvgIpc) is 3.77. The summed E-state index contributed by atoms with van der Waals surface area (Å²) < 4.78 is 21.7. The molecule has 7 rings (SSSR count). The number of fused-ring (bicyclic) bond motifs is 1. The van der Waals surface area contributed by atoms with Crippen molar-refractivity contribution >= 4 is 39.3 Å². The Morgan fingerprint density at radius 3 is 2.43 bits per heavy atom. The Bertz CT molecular complexity index is 1730. The third-order valence-corrected chi connectivity index (χ3v) is 10.0. The molecule has 47 heavy (non-hydrogen) atoms. The van der Waals surface area contributed by atoms with E-state index in [0.29, 0.717) is 11.4 Å². The number of likely N-dealkylation sites (tertiary alicyclic amines) is 1. The summed E-state index contributed by atoms with van der Waals surface area (Å²) in [6.45, 7) is 6.08. The molecule has 3 fully saturated rings. The van der Waals surface area contributed by atoms with Crippen LogP contribution in [0.5, 0.6) is 11.5 Å². The molecule has 3 N–H and O–H groups in total. The van der Waals surface area contributed by atoms with Gasteiger partial charge in [-0.15, -0.1) is 11.3 Å². The highest BCUT2D eigenvalue weighted by atomic mass is 32.1. The van der Waals surface area contributed by atoms with Gasteiger partial charge in [0.05, 0.1) is 20.8 Å². The van der Waals surface area contributed by atoms with E-state index in [-0.39, 0.29) is 29.9 Å². The number of carbonyl (C=O) groups is 2. The van der Waals surface area contributed by atoms with Gasteiger partial charge < -0.3 is 30.5 Å². The number of halogens is 1. The van der Waals surface area contributed by atoms with Crippen molar-refractivity contribution in [1.82, 2.24) is 35.3 Å². The van der Waals surface area contributed by atoms with Crippen molar-refractivity contribution in [3.05, 3.63) is 66.2 Å². The Labute approximate surface area is 277 Å². The number of nitrogens with zero attached hydrogens (tertiary/aromatic N) is 5. The number of rotatable bonds is 8. The van der Waals surface area contributed by atoms with Crippen LogP contribution in [0.3, 0.4) is 0 Å². The first-order chi connectivity index (χ1) is 22.9. The van der Waals surface area contributed by atoms with Gasteiger partial charge in [-0.25, -0.2) is 14.0 Å². The van der Waals surface area contributed by atoms with Crippen LogP contribution in [0.25, 0.3) is 20.8 Å². The maximum Gasteiger partial charge on any atom is 0.319 e. The number of amides is 4. The number of ether oxygens (including phenoxy) is 1. The number of urea groups is 2. The minimum Gasteiger partial charge on any atom is -0.453 e. The number of aromatic nitrogens is 2. The van der Waals surface area contributed by atoms with E-state index in [4.69, 9.17) is 9.72 Å². The number of hydrogen-bond donors (Lipinski definition) is 3. The van der Waals surface area contributed by atoms with E-state index >= 15 is 0 Å². The molecule has 5 heterocycles. The van der Waals surface area contributed by atoms with Gasteiger partial charge in [0.25, 0.3) is 0 Å². The molecule has 1 aliphatic carbocycles. The molecule has 1 saturated carbocycles. The topological polar surface area (TPSA) is 115 Å². The predicted molar refractivity (Wildman–Crippen MR) is 180 cm³/mol. The lowest BCUT2D eigenvalue weighted by Gasteiger charge is -2.36. The van der Waals surface area contributed by atoms with Crippen molar-refractivity contribution in [2.45, 2.75) is 44.3 Å². The first-order valence-corrected chi connectivity index (χ1v) is 17.0. The third-order valence-electron chi connectivity index (χ3n) is 8.89. The third kappa shape index (κ3) is 7.80. The molecule has 3 aliphatic rings. The Morgan fingerprint density at radius 1 is 0.915 bits per heavy atom. The van der Waals surface area contributed by atoms with E-state index in [9.17, 15) is 14.0 Å². The van der Waals surface area contributed by atoms with Gasteiger partial charge in [-0.05, 0) is 62.6 Å². The first-order valence-electron chi connectivity index (χ1n) is 16.2. The molecule has 3 aromatic heterocycles. The molecule has 2 saturated heterocycles. The van der Waals surface area contributed by atoms with Crippen LogP contribution >= 0.6 is 11.3 Å². The Balaban J connectivity index is 0.937. The van der Waals surface area contributed by atoms with Gasteiger partial charge in [-0.3, -0.25) is 14.9 Å². The van der Waals surface area contributed by atoms with Crippen LogP contribution in [-0.4, -0.2) is 95.1 Å². The molecule has 1 aromatic carbocycles. The van der Waals surface area contributed by atoms with Gasteiger partial charge in [0.15, 0.2) is 11.6 Å². The van der Waals surface area contributed by atoms with E-state index in [1.54, 1.807) is 18.3 Å². The Hall–Kier alpha value is -4.33. The smallest absolute Gasteiger partial charge is 0.319 e. The zero-order valence-electron chi connectivity index (χ0n) is 26.4. The first kappa shape index (κ1) is 31.3. The highest BCUT2D eigenvalue weighted by Gasteiger charge is 2.25. The van der Waals surface area contributed by atoms with Gasteiger partial charge in [0.2, 0.25) is 0 Å². The summed E-state index contributed by atoms with van der Waals surface area (Å²) >= 11 is 1.49. The van der Waals surface area contributed by atoms with Crippen molar-refractivity contribution in [1.29, 1.82) is 0 Å². The number of benzene rings is 1. The second-order valence-electron chi connectivity index (χ2n) is 12.6. The number of anilines is 1. The largest absolute Gasteiger partial charge is 0.453 e. The average molecular weight is 659 g/mol. The lowest BCUT2D eigenvalue weighted by atomic mass is 10.0. The minimum atomic E-state index is -0.576. The molecule has 4 amide bonds. The predicted octanol–water partition coefficient (Wildman–Crippen LogP) is 5.50. The molecule has 0 atom stereocenters. The van der Waals surface area contributed by atoms with E-state index in [1.807, 2.05) is 23.2 Å². The van der Waals surface area contributed by atoms with Crippen molar-refractivity contribution in [2.75, 3.05) is 51.6 Å². The van der Waals surface area contributed by atoms with Crippen LogP contribution < -0.4 is 20.7 Å². The van der Waals surface area contributed by atoms with Crippen molar-refractivity contribution < 1.29 is 18.7 Å². The Morgan fingerprint density at radius 2 is 1.70 bits per heavy atom. The molecule has 246 valence electrons. The summed E-state index contributed by atoms with van der Waals surface area (Å²) in [6, 6.07) is 12.3. The SMILES string of the molecule is CN1CCN(C(=O)NC2CCN(Cc3ccc(-c4cc5nccc(Oc6ccc(NC(=O)NC7CC7)cc6F)c5s4)nc3)CC2)CC1. The zero-order chi connectivity index (χ0) is 32.3. The fraction of sp³-hybridized carbons (Fsp3) is 0.412. The number of hydrogen-bond acceptors (Lipinski definition) is 8. The van der Waals surface area contributed by atoms with Crippen molar-refractivity contribution in [2.24, 2.45) is 0 Å². The monoisotopic (exact) mass is 658 g/mol. The Kier molecular flexibility index (Phi) is 9.18. The highest BCUT2D eigenvalue weighted by molar-refractivity contribution is 7.22. The van der Waals surface area contributed by atoms with Crippen LogP contribution in [0.15, 0.2) is 54.9 Å². The molecular weight excluding hydrogens is 619 g/mol. The van der Waals surface area contributed by atoms with E-state index in [0.717, 1.165) is 97.8 Å². The number of pyridine rings is 2. The van der Waals surface area contributed by atoms with Gasteiger partial charge >= 0.3 is 12.1 Å². The lowest BCUT2D eigenvalue weighted by molar-refractivity contribution is 0.142. The molecule has 0 spiro atoms. The summed E-state index contributed by atoms with van der Waals surface area (Å²) in [7, 11) is 2.09. The number of thiophene rings is 1. The fourth-order valence-corrected chi connectivity index (χ4v) is 6.96. The fourth-order valence-electron chi connectivity index (χ4n) is 5.91. The standard InChI is InChI=1S/C34H39FN8O3S/c1-41-14-16-43(17-15-41)34(45)40-24-9-12-42(13-10-24)21-22-2-6-27(37-20-22)31-19-28-32(47-31)30(8-11-36-28)46-29-7-5-25(18-26(29)35)39-33(44)38-23-3-4-23/h2,5-8,11,18-20,23-24H,3-4,9-10,12-17,21H2,1H3,(H,40,45)(H2,38,39,44). The second-order valence-corrected chi connectivity index (χ2v) is 13.6. The highest BCUT2D eigenvalue weighted by Crippen LogP contribution is 2.39. The molecule has 0 bridgehead atoms. The molecule has 0 unspecified atom stereocenters. The summed E-state index contributed by atoms with van der Waals surface area (Å²) in [5.74, 6) is -0.0190. The van der Waals surface area contributed by atoms with E-state index in [1.165, 1.54) is 23.5 Å². The molecule has 11 nitrogen and oxygen atoms in total. The van der Waals surface area contributed by atoms with E-state index in [2.05, 4.69) is 43.8 Å². The van der Waals surface area contributed by atoms with Gasteiger partial charge in [0.1, 0.15) is 5.75 Å². The van der Waals surface area contributed by atoms with Crippen molar-refractivity contribution in [3.8, 4) is 22.1 Å². The van der Waals surface area contributed by atoms with Gasteiger partial charge in [-0.2, -0.15) is 0 Å². The molecule has 4 aromatic rings. The van der Waals surface area contributed by atoms with Gasteiger partial charge in [-0.1, -0.05) is 6.07 Å². The number of likely N-dealkylation sites (N-methyl/N-ethyl adjacent to an activating group) is 1. The number of nitrogens with one attached hydrogen (secondary N) is 3. The van der Waals surface area contributed by atoms with E-state index < -0.39 is 5.82 Å². The van der Waals surface area contributed by atoms with Crippen LogP contribution in [0.1, 0.15) is 31.2 Å². The van der Waals surface area contributed by atoms with Crippen LogP contribution in [0, 0.1) is 5.82 Å². The number of piperazine rings is 1. The minimum absolute atomic E-state index is 0.0597. The summed E-state index contributed by atoms with van der Waals surface area (Å²) in [5, 5.41) is 8.72. The van der Waals surface area contributed by atoms with Crippen LogP contribution in [0.2, 0.25) is 0 Å². The molecular formula is C34H39FN8O3S. The summed E-state index contributed by atoms with van der Waals surface area (Å²) in [4.78, 5) is 41.5. The summed E-state index contributed by atoms with van der Waals surface area (Å²) in [6.07, 6.45) is 7.38. The van der Waals surface area contributed by atoms with Crippen LogP contribution in [0.4, 0.5) is 19.7 Å². The number of piperidine rings is 1.